The first kappa shape index (κ1) is 17.2. The Morgan fingerprint density at radius 3 is 2.30 bits per heavy atom. The lowest BCUT2D eigenvalue weighted by Gasteiger charge is -2.22. The lowest BCUT2D eigenvalue weighted by atomic mass is 9.88. The van der Waals surface area contributed by atoms with Gasteiger partial charge >= 0.3 is 0 Å². The van der Waals surface area contributed by atoms with Crippen molar-refractivity contribution in [2.75, 3.05) is 13.1 Å². The summed E-state index contributed by atoms with van der Waals surface area (Å²) in [5.74, 6) is 0.174. The number of nitrogens with one attached hydrogen (secondary N) is 1. The molecule has 124 valence electrons. The number of rotatable bonds is 7. The highest BCUT2D eigenvalue weighted by atomic mass is 16.2. The van der Waals surface area contributed by atoms with Gasteiger partial charge in [0.05, 0.1) is 0 Å². The Bertz CT molecular complexity index is 553. The number of carbonyl (C=O) groups is 3. The molecule has 1 atom stereocenters. The summed E-state index contributed by atoms with van der Waals surface area (Å²) in [6.07, 6.45) is 0.699. The summed E-state index contributed by atoms with van der Waals surface area (Å²) >= 11 is 0. The van der Waals surface area contributed by atoms with Crippen molar-refractivity contribution in [1.29, 1.82) is 0 Å². The topological polar surface area (TPSA) is 66.5 Å². The zero-order valence-corrected chi connectivity index (χ0v) is 13.7. The van der Waals surface area contributed by atoms with E-state index in [-0.39, 0.29) is 49.4 Å². The van der Waals surface area contributed by atoms with Crippen molar-refractivity contribution in [3.05, 3.63) is 35.9 Å². The minimum absolute atomic E-state index is 0.126. The first-order valence-corrected chi connectivity index (χ1v) is 8.14. The number of carbonyl (C=O) groups excluding carboxylic acids is 3. The average molecular weight is 316 g/mol. The van der Waals surface area contributed by atoms with Crippen molar-refractivity contribution in [2.45, 2.75) is 39.0 Å². The number of amides is 3. The van der Waals surface area contributed by atoms with E-state index in [4.69, 9.17) is 0 Å². The minimum Gasteiger partial charge on any atom is -0.355 e. The molecule has 1 aromatic carbocycles. The Morgan fingerprint density at radius 2 is 1.74 bits per heavy atom. The van der Waals surface area contributed by atoms with E-state index in [1.807, 2.05) is 18.2 Å². The molecule has 0 radical (unpaired) electrons. The van der Waals surface area contributed by atoms with Crippen molar-refractivity contribution in [3.63, 3.8) is 0 Å². The van der Waals surface area contributed by atoms with E-state index < -0.39 is 0 Å². The Labute approximate surface area is 137 Å². The van der Waals surface area contributed by atoms with Crippen LogP contribution in [0.4, 0.5) is 0 Å². The van der Waals surface area contributed by atoms with E-state index in [9.17, 15) is 14.4 Å². The molecule has 5 nitrogen and oxygen atoms in total. The summed E-state index contributed by atoms with van der Waals surface area (Å²) in [5, 5.41) is 2.93. The Balaban J connectivity index is 1.82. The second-order valence-electron chi connectivity index (χ2n) is 6.25. The highest BCUT2D eigenvalue weighted by molar-refractivity contribution is 6.02. The zero-order chi connectivity index (χ0) is 16.8. The number of nitrogens with zero attached hydrogens (tertiary/aromatic N) is 1. The molecule has 1 N–H and O–H groups in total. The summed E-state index contributed by atoms with van der Waals surface area (Å²) in [4.78, 5) is 36.2. The molecule has 0 aliphatic carbocycles. The van der Waals surface area contributed by atoms with Crippen LogP contribution in [0.5, 0.6) is 0 Å². The normalized spacial score (nSPS) is 16.0. The fourth-order valence-corrected chi connectivity index (χ4v) is 2.84. The quantitative estimate of drug-likeness (QED) is 0.783. The van der Waals surface area contributed by atoms with Crippen LogP contribution in [0.2, 0.25) is 0 Å². The van der Waals surface area contributed by atoms with E-state index >= 15 is 0 Å². The van der Waals surface area contributed by atoms with Gasteiger partial charge in [0.2, 0.25) is 17.7 Å². The van der Waals surface area contributed by atoms with Crippen LogP contribution in [0.15, 0.2) is 30.3 Å². The predicted molar refractivity (Wildman–Crippen MR) is 87.6 cm³/mol. The molecule has 1 heterocycles. The lowest BCUT2D eigenvalue weighted by Crippen LogP contribution is -2.35. The van der Waals surface area contributed by atoms with Gasteiger partial charge in [-0.15, -0.1) is 0 Å². The maximum absolute atomic E-state index is 12.0. The Hall–Kier alpha value is -2.17. The predicted octanol–water partition coefficient (Wildman–Crippen LogP) is 2.08. The molecule has 1 aliphatic heterocycles. The molecule has 0 bridgehead atoms. The number of benzene rings is 1. The third kappa shape index (κ3) is 4.65. The van der Waals surface area contributed by atoms with Gasteiger partial charge in [-0.05, 0) is 11.5 Å². The van der Waals surface area contributed by atoms with Gasteiger partial charge in [0.1, 0.15) is 0 Å². The van der Waals surface area contributed by atoms with Crippen LogP contribution in [-0.2, 0) is 14.4 Å². The fourth-order valence-electron chi connectivity index (χ4n) is 2.84. The zero-order valence-electron chi connectivity index (χ0n) is 13.7. The van der Waals surface area contributed by atoms with Gasteiger partial charge in [-0.2, -0.15) is 0 Å². The second-order valence-corrected chi connectivity index (χ2v) is 6.25. The van der Waals surface area contributed by atoms with E-state index in [0.717, 1.165) is 0 Å². The van der Waals surface area contributed by atoms with Crippen molar-refractivity contribution >= 4 is 17.7 Å². The van der Waals surface area contributed by atoms with Gasteiger partial charge in [-0.3, -0.25) is 19.3 Å². The van der Waals surface area contributed by atoms with Gasteiger partial charge in [-0.1, -0.05) is 44.2 Å². The van der Waals surface area contributed by atoms with Gasteiger partial charge < -0.3 is 5.32 Å². The van der Waals surface area contributed by atoms with Crippen LogP contribution in [-0.4, -0.2) is 35.7 Å². The Morgan fingerprint density at radius 1 is 1.13 bits per heavy atom. The van der Waals surface area contributed by atoms with Crippen LogP contribution < -0.4 is 5.32 Å². The van der Waals surface area contributed by atoms with Crippen LogP contribution >= 0.6 is 0 Å². The van der Waals surface area contributed by atoms with Crippen LogP contribution in [0.25, 0.3) is 0 Å². The first-order valence-electron chi connectivity index (χ1n) is 8.14. The second kappa shape index (κ2) is 7.90. The van der Waals surface area contributed by atoms with Crippen molar-refractivity contribution in [1.82, 2.24) is 10.2 Å². The highest BCUT2D eigenvalue weighted by Crippen LogP contribution is 2.23. The molecule has 5 heteroatoms. The lowest BCUT2D eigenvalue weighted by molar-refractivity contribution is -0.138. The molecule has 1 aliphatic rings. The summed E-state index contributed by atoms with van der Waals surface area (Å²) in [7, 11) is 0. The molecule has 0 spiro atoms. The largest absolute Gasteiger partial charge is 0.355 e. The molecule has 2 rings (SSSR count). The van der Waals surface area contributed by atoms with Crippen molar-refractivity contribution in [2.24, 2.45) is 5.92 Å². The van der Waals surface area contributed by atoms with Crippen LogP contribution in [0, 0.1) is 5.92 Å². The number of likely N-dealkylation sites (tertiary alicyclic amines) is 1. The maximum Gasteiger partial charge on any atom is 0.229 e. The summed E-state index contributed by atoms with van der Waals surface area (Å²) in [5.41, 5.74) is 1.20. The standard InChI is InChI=1S/C18H24N2O3/c1-13(2)15(14-6-4-3-5-7-14)12-19-16(21)10-11-20-17(22)8-9-18(20)23/h3-7,13,15H,8-12H2,1-2H3,(H,19,21). The summed E-state index contributed by atoms with van der Waals surface area (Å²) in [6, 6.07) is 10.1. The molecule has 23 heavy (non-hydrogen) atoms. The van der Waals surface area contributed by atoms with E-state index in [2.05, 4.69) is 31.3 Å². The monoisotopic (exact) mass is 316 g/mol. The van der Waals surface area contributed by atoms with Gasteiger partial charge in [0, 0.05) is 38.3 Å². The fraction of sp³-hybridized carbons (Fsp3) is 0.500. The summed E-state index contributed by atoms with van der Waals surface area (Å²) in [6.45, 7) is 5.00. The molecular weight excluding hydrogens is 292 g/mol. The third-order valence-corrected chi connectivity index (χ3v) is 4.27. The minimum atomic E-state index is -0.174. The third-order valence-electron chi connectivity index (χ3n) is 4.27. The van der Waals surface area contributed by atoms with Crippen LogP contribution in [0.1, 0.15) is 44.6 Å². The first-order chi connectivity index (χ1) is 11.0. The van der Waals surface area contributed by atoms with Gasteiger partial charge in [0.15, 0.2) is 0 Å². The number of hydrogen-bond acceptors (Lipinski definition) is 3. The molecule has 1 saturated heterocycles. The molecule has 1 aromatic rings. The number of hydrogen-bond donors (Lipinski definition) is 1. The van der Waals surface area contributed by atoms with Crippen LogP contribution in [0.3, 0.4) is 0 Å². The van der Waals surface area contributed by atoms with Crippen molar-refractivity contribution in [3.8, 4) is 0 Å². The van der Waals surface area contributed by atoms with Crippen molar-refractivity contribution < 1.29 is 14.4 Å². The van der Waals surface area contributed by atoms with E-state index in [0.29, 0.717) is 12.5 Å². The maximum atomic E-state index is 12.0. The molecule has 3 amide bonds. The van der Waals surface area contributed by atoms with Gasteiger partial charge in [-0.25, -0.2) is 0 Å². The summed E-state index contributed by atoms with van der Waals surface area (Å²) < 4.78 is 0. The van der Waals surface area contributed by atoms with E-state index in [1.54, 1.807) is 0 Å². The molecule has 0 aromatic heterocycles. The Kier molecular flexibility index (Phi) is 5.90. The smallest absolute Gasteiger partial charge is 0.229 e. The SMILES string of the molecule is CC(C)C(CNC(=O)CCN1C(=O)CCC1=O)c1ccccc1. The molecule has 0 saturated carbocycles. The number of imide groups is 1. The molecule has 1 unspecified atom stereocenters. The molecule has 1 fully saturated rings. The van der Waals surface area contributed by atoms with Gasteiger partial charge in [0.25, 0.3) is 0 Å². The average Bonchev–Trinajstić information content (AvgIpc) is 2.85. The van der Waals surface area contributed by atoms with E-state index in [1.165, 1.54) is 10.5 Å². The highest BCUT2D eigenvalue weighted by Gasteiger charge is 2.28. The molecular formula is C18H24N2O3.